The Morgan fingerprint density at radius 3 is 2.40 bits per heavy atom. The number of ether oxygens (including phenoxy) is 2. The van der Waals surface area contributed by atoms with Gasteiger partial charge in [0.25, 0.3) is 0 Å². The highest BCUT2D eigenvalue weighted by Gasteiger charge is 2.81. The fraction of sp³-hybridized carbons (Fsp3) is 0.852. The molecule has 8 heteroatoms. The Morgan fingerprint density at radius 1 is 1.17 bits per heavy atom. The van der Waals surface area contributed by atoms with E-state index < -0.39 is 63.6 Å². The number of carbonyl (C=O) groups is 2. The summed E-state index contributed by atoms with van der Waals surface area (Å²) in [7, 11) is 0. The van der Waals surface area contributed by atoms with Gasteiger partial charge in [0.1, 0.15) is 17.8 Å². The summed E-state index contributed by atoms with van der Waals surface area (Å²) in [5.74, 6) is -1.65. The van der Waals surface area contributed by atoms with Gasteiger partial charge in [-0.1, -0.05) is 33.3 Å². The van der Waals surface area contributed by atoms with E-state index in [2.05, 4.69) is 11.5 Å². The van der Waals surface area contributed by atoms with Gasteiger partial charge in [-0.2, -0.15) is 0 Å². The fourth-order valence-corrected chi connectivity index (χ4v) is 7.89. The number of fused-ring (bicyclic) bond motifs is 3. The lowest BCUT2D eigenvalue weighted by atomic mass is 9.40. The Hall–Kier alpha value is -1.32. The number of hydrogen-bond acceptors (Lipinski definition) is 8. The van der Waals surface area contributed by atoms with Crippen LogP contribution < -0.4 is 0 Å². The van der Waals surface area contributed by atoms with Crippen LogP contribution in [0.3, 0.4) is 0 Å². The number of piperidine rings is 1. The molecule has 8 atom stereocenters. The average Bonchev–Trinajstić information content (AvgIpc) is 2.78. The van der Waals surface area contributed by atoms with Crippen molar-refractivity contribution in [2.24, 2.45) is 16.7 Å². The highest BCUT2D eigenvalue weighted by Crippen LogP contribution is 2.67. The molecule has 0 aromatic carbocycles. The van der Waals surface area contributed by atoms with E-state index >= 15 is 0 Å². The summed E-state index contributed by atoms with van der Waals surface area (Å²) in [5.41, 5.74) is -7.11. The molecular weight excluding hydrogens is 450 g/mol. The minimum atomic E-state index is -2.19. The van der Waals surface area contributed by atoms with Crippen molar-refractivity contribution in [3.05, 3.63) is 12.7 Å². The van der Waals surface area contributed by atoms with Crippen LogP contribution in [0.4, 0.5) is 0 Å². The number of carbonyl (C=O) groups excluding carboxylic acids is 2. The predicted molar refractivity (Wildman–Crippen MR) is 129 cm³/mol. The summed E-state index contributed by atoms with van der Waals surface area (Å²) in [4.78, 5) is 29.0. The van der Waals surface area contributed by atoms with E-state index in [1.165, 1.54) is 13.0 Å². The van der Waals surface area contributed by atoms with E-state index in [1.54, 1.807) is 13.8 Å². The van der Waals surface area contributed by atoms with Crippen LogP contribution in [-0.2, 0) is 19.1 Å². The van der Waals surface area contributed by atoms with Crippen molar-refractivity contribution in [1.29, 1.82) is 0 Å². The molecule has 0 aromatic heterocycles. The SMILES string of the molecule is C=C[C@@]1(C)CC(=O)[C@]2(O)C3(C)C(C(OC(=O)CN4CCCCC4)C(O)[C@@]2(C)O1)C(C)(C)CC[C@@H]3O. The number of aliphatic hydroxyl groups is 3. The molecule has 0 amide bonds. The third-order valence-electron chi connectivity index (χ3n) is 9.81. The topological polar surface area (TPSA) is 117 Å². The number of rotatable bonds is 4. The standard InChI is InChI=1S/C27H43NO7/c1-7-24(4)15-18(30)27(33)25(5)17(29)11-12-23(2,3)21(25)20(22(32)26(27,6)35-24)34-19(31)16-28-13-9-8-10-14-28/h7,17,20-22,29,32-33H,1,8-16H2,2-6H3/t17-,20?,21?,22?,24-,25?,26+,27-/m0/s1. The molecular formula is C27H43NO7. The van der Waals surface area contributed by atoms with Gasteiger partial charge in [0, 0.05) is 17.8 Å². The van der Waals surface area contributed by atoms with Crippen LogP contribution >= 0.6 is 0 Å². The molecule has 4 fully saturated rings. The molecule has 3 N–H and O–H groups in total. The van der Waals surface area contributed by atoms with Gasteiger partial charge in [-0.25, -0.2) is 0 Å². The second-order valence-electron chi connectivity index (χ2n) is 12.6. The molecule has 4 aliphatic rings. The van der Waals surface area contributed by atoms with Crippen molar-refractivity contribution in [2.45, 2.75) is 108 Å². The monoisotopic (exact) mass is 493 g/mol. The molecule has 2 aliphatic carbocycles. The molecule has 0 bridgehead atoms. The van der Waals surface area contributed by atoms with Crippen LogP contribution in [-0.4, -0.2) is 86.7 Å². The predicted octanol–water partition coefficient (Wildman–Crippen LogP) is 1.99. The Bertz CT molecular complexity index is 885. The molecule has 4 rings (SSSR count). The van der Waals surface area contributed by atoms with Crippen molar-refractivity contribution < 1.29 is 34.4 Å². The molecule has 35 heavy (non-hydrogen) atoms. The third kappa shape index (κ3) is 3.74. The number of nitrogens with zero attached hydrogens (tertiary/aromatic N) is 1. The number of ketones is 1. The van der Waals surface area contributed by atoms with Crippen LogP contribution in [0.5, 0.6) is 0 Å². The van der Waals surface area contributed by atoms with Gasteiger partial charge >= 0.3 is 5.97 Å². The largest absolute Gasteiger partial charge is 0.458 e. The van der Waals surface area contributed by atoms with Gasteiger partial charge < -0.3 is 24.8 Å². The van der Waals surface area contributed by atoms with Crippen LogP contribution in [0, 0.1) is 16.7 Å². The lowest BCUT2D eigenvalue weighted by Gasteiger charge is -2.71. The van der Waals surface area contributed by atoms with Crippen molar-refractivity contribution >= 4 is 11.8 Å². The second kappa shape index (κ2) is 8.62. The first-order valence-corrected chi connectivity index (χ1v) is 13.0. The molecule has 198 valence electrons. The van der Waals surface area contributed by atoms with Gasteiger partial charge in [0.2, 0.25) is 0 Å². The van der Waals surface area contributed by atoms with Crippen LogP contribution in [0.15, 0.2) is 12.7 Å². The molecule has 0 aromatic rings. The minimum absolute atomic E-state index is 0.112. The maximum absolute atomic E-state index is 13.8. The molecule has 2 aliphatic heterocycles. The molecule has 8 nitrogen and oxygen atoms in total. The van der Waals surface area contributed by atoms with Gasteiger partial charge in [-0.15, -0.1) is 6.58 Å². The van der Waals surface area contributed by atoms with E-state index in [9.17, 15) is 24.9 Å². The Labute approximate surface area is 208 Å². The highest BCUT2D eigenvalue weighted by molar-refractivity contribution is 5.92. The number of esters is 1. The number of Topliss-reactive ketones (excluding diaryl/α,β-unsaturated/α-hetero) is 1. The Balaban J connectivity index is 1.80. The highest BCUT2D eigenvalue weighted by atomic mass is 16.6. The quantitative estimate of drug-likeness (QED) is 0.402. The molecule has 0 spiro atoms. The smallest absolute Gasteiger partial charge is 0.320 e. The Morgan fingerprint density at radius 2 is 1.80 bits per heavy atom. The first-order chi connectivity index (χ1) is 16.2. The fourth-order valence-electron chi connectivity index (χ4n) is 7.89. The average molecular weight is 494 g/mol. The van der Waals surface area contributed by atoms with E-state index in [0.717, 1.165) is 32.4 Å². The number of hydrogen-bond donors (Lipinski definition) is 3. The minimum Gasteiger partial charge on any atom is -0.458 e. The van der Waals surface area contributed by atoms with Crippen molar-refractivity contribution in [1.82, 2.24) is 4.90 Å². The van der Waals surface area contributed by atoms with Gasteiger partial charge in [-0.05, 0) is 58.0 Å². The lowest BCUT2D eigenvalue weighted by molar-refractivity contribution is -0.370. The first kappa shape index (κ1) is 26.7. The maximum atomic E-state index is 13.8. The second-order valence-corrected chi connectivity index (χ2v) is 12.6. The summed E-state index contributed by atoms with van der Waals surface area (Å²) < 4.78 is 12.4. The first-order valence-electron chi connectivity index (χ1n) is 13.0. The lowest BCUT2D eigenvalue weighted by Crippen LogP contribution is -2.86. The zero-order valence-electron chi connectivity index (χ0n) is 21.9. The molecule has 2 saturated carbocycles. The third-order valence-corrected chi connectivity index (χ3v) is 9.81. The van der Waals surface area contributed by atoms with Gasteiger partial charge in [0.15, 0.2) is 11.4 Å². The van der Waals surface area contributed by atoms with Crippen LogP contribution in [0.25, 0.3) is 0 Å². The number of aliphatic hydroxyl groups excluding tert-OH is 2. The zero-order valence-corrected chi connectivity index (χ0v) is 21.9. The summed E-state index contributed by atoms with van der Waals surface area (Å²) in [6, 6.07) is 0. The summed E-state index contributed by atoms with van der Waals surface area (Å²) in [6.07, 6.45) is 1.89. The van der Waals surface area contributed by atoms with Crippen molar-refractivity contribution in [3.8, 4) is 0 Å². The maximum Gasteiger partial charge on any atom is 0.320 e. The van der Waals surface area contributed by atoms with E-state index in [1.807, 2.05) is 13.8 Å². The molecule has 0 radical (unpaired) electrons. The summed E-state index contributed by atoms with van der Waals surface area (Å²) >= 11 is 0. The normalized spacial score (nSPS) is 47.9. The zero-order chi connectivity index (χ0) is 26.0. The van der Waals surface area contributed by atoms with E-state index in [-0.39, 0.29) is 13.0 Å². The van der Waals surface area contributed by atoms with E-state index in [4.69, 9.17) is 9.47 Å². The molecule has 2 saturated heterocycles. The molecule has 2 heterocycles. The molecule has 4 unspecified atom stereocenters. The van der Waals surface area contributed by atoms with Gasteiger partial charge in [-0.3, -0.25) is 14.5 Å². The van der Waals surface area contributed by atoms with Crippen LogP contribution in [0.2, 0.25) is 0 Å². The van der Waals surface area contributed by atoms with Crippen LogP contribution in [0.1, 0.15) is 73.1 Å². The van der Waals surface area contributed by atoms with Crippen molar-refractivity contribution in [2.75, 3.05) is 19.6 Å². The summed E-state index contributed by atoms with van der Waals surface area (Å²) in [5, 5.41) is 35.5. The van der Waals surface area contributed by atoms with E-state index in [0.29, 0.717) is 12.8 Å². The summed E-state index contributed by atoms with van der Waals surface area (Å²) in [6.45, 7) is 14.4. The number of likely N-dealkylation sites (tertiary alicyclic amines) is 1. The van der Waals surface area contributed by atoms with Gasteiger partial charge in [0.05, 0.1) is 18.2 Å². The Kier molecular flexibility index (Phi) is 6.59. The van der Waals surface area contributed by atoms with Crippen molar-refractivity contribution in [3.63, 3.8) is 0 Å².